The molecule has 0 amide bonds. The highest BCUT2D eigenvalue weighted by Crippen LogP contribution is 2.30. The van der Waals surface area contributed by atoms with Gasteiger partial charge in [-0.25, -0.2) is 0 Å². The summed E-state index contributed by atoms with van der Waals surface area (Å²) in [5.74, 6) is -0.221. The highest BCUT2D eigenvalue weighted by Gasteiger charge is 2.35. The van der Waals surface area contributed by atoms with Crippen LogP contribution in [0.25, 0.3) is 0 Å². The van der Waals surface area contributed by atoms with Crippen LogP contribution in [0.5, 0.6) is 0 Å². The second-order valence-electron chi connectivity index (χ2n) is 2.89. The van der Waals surface area contributed by atoms with Gasteiger partial charge in [-0.15, -0.1) is 0 Å². The molecule has 0 radical (unpaired) electrons. The Balaban J connectivity index is 2.84. The van der Waals surface area contributed by atoms with E-state index in [0.29, 0.717) is 5.92 Å². The molecule has 68 valence electrons. The van der Waals surface area contributed by atoms with Crippen molar-refractivity contribution in [3.8, 4) is 0 Å². The van der Waals surface area contributed by atoms with Gasteiger partial charge >= 0.3 is 0 Å². The summed E-state index contributed by atoms with van der Waals surface area (Å²) >= 11 is 0. The lowest BCUT2D eigenvalue weighted by Crippen LogP contribution is -2.39. The SMILES string of the molecule is CCC1C=CC=CC1(OC)OC. The highest BCUT2D eigenvalue weighted by atomic mass is 16.7. The number of allylic oxidation sites excluding steroid dienone is 2. The summed E-state index contributed by atoms with van der Waals surface area (Å²) in [7, 11) is 3.35. The lowest BCUT2D eigenvalue weighted by atomic mass is 9.91. The fourth-order valence-corrected chi connectivity index (χ4v) is 1.59. The molecule has 0 bridgehead atoms. The Labute approximate surface area is 73.9 Å². The molecule has 0 spiro atoms. The van der Waals surface area contributed by atoms with E-state index < -0.39 is 5.79 Å². The number of hydrogen-bond acceptors (Lipinski definition) is 2. The molecule has 0 heterocycles. The first-order valence-electron chi connectivity index (χ1n) is 4.25. The third kappa shape index (κ3) is 1.45. The first-order valence-corrected chi connectivity index (χ1v) is 4.25. The average molecular weight is 168 g/mol. The first-order chi connectivity index (χ1) is 5.79. The van der Waals surface area contributed by atoms with Crippen molar-refractivity contribution >= 4 is 0 Å². The lowest BCUT2D eigenvalue weighted by molar-refractivity contribution is -0.195. The minimum atomic E-state index is -0.538. The predicted molar refractivity (Wildman–Crippen MR) is 48.8 cm³/mol. The molecule has 12 heavy (non-hydrogen) atoms. The van der Waals surface area contributed by atoms with Crippen LogP contribution in [0.4, 0.5) is 0 Å². The van der Waals surface area contributed by atoms with Gasteiger partial charge in [0, 0.05) is 20.1 Å². The second kappa shape index (κ2) is 3.87. The van der Waals surface area contributed by atoms with Gasteiger partial charge in [0.2, 0.25) is 0 Å². The molecule has 1 aliphatic rings. The zero-order chi connectivity index (χ0) is 9.03. The number of methoxy groups -OCH3 is 2. The van der Waals surface area contributed by atoms with Crippen LogP contribution in [0.2, 0.25) is 0 Å². The largest absolute Gasteiger partial charge is 0.349 e. The van der Waals surface area contributed by atoms with Crippen molar-refractivity contribution in [3.05, 3.63) is 24.3 Å². The molecule has 1 unspecified atom stereocenters. The molecule has 0 aromatic carbocycles. The van der Waals surface area contributed by atoms with E-state index in [2.05, 4.69) is 13.0 Å². The van der Waals surface area contributed by atoms with E-state index in [1.165, 1.54) is 0 Å². The number of rotatable bonds is 3. The predicted octanol–water partition coefficient (Wildman–Crippen LogP) is 2.13. The van der Waals surface area contributed by atoms with Crippen molar-refractivity contribution in [1.29, 1.82) is 0 Å². The van der Waals surface area contributed by atoms with Crippen molar-refractivity contribution in [2.75, 3.05) is 14.2 Å². The maximum absolute atomic E-state index is 5.37. The normalized spacial score (nSPS) is 26.1. The lowest BCUT2D eigenvalue weighted by Gasteiger charge is -2.35. The van der Waals surface area contributed by atoms with Crippen LogP contribution >= 0.6 is 0 Å². The Morgan fingerprint density at radius 2 is 1.92 bits per heavy atom. The molecule has 0 saturated carbocycles. The van der Waals surface area contributed by atoms with Crippen LogP contribution in [-0.2, 0) is 9.47 Å². The van der Waals surface area contributed by atoms with E-state index in [0.717, 1.165) is 6.42 Å². The zero-order valence-electron chi connectivity index (χ0n) is 7.91. The maximum Gasteiger partial charge on any atom is 0.193 e. The van der Waals surface area contributed by atoms with E-state index in [1.807, 2.05) is 18.2 Å². The summed E-state index contributed by atoms with van der Waals surface area (Å²) in [6.45, 7) is 2.13. The fourth-order valence-electron chi connectivity index (χ4n) is 1.59. The van der Waals surface area contributed by atoms with Crippen LogP contribution in [0.1, 0.15) is 13.3 Å². The van der Waals surface area contributed by atoms with Crippen LogP contribution in [0.15, 0.2) is 24.3 Å². The molecule has 0 aromatic rings. The molecule has 2 heteroatoms. The van der Waals surface area contributed by atoms with Gasteiger partial charge in [-0.3, -0.25) is 0 Å². The molecule has 1 rings (SSSR count). The molecular formula is C10H16O2. The highest BCUT2D eigenvalue weighted by molar-refractivity contribution is 5.18. The van der Waals surface area contributed by atoms with Crippen LogP contribution < -0.4 is 0 Å². The van der Waals surface area contributed by atoms with Gasteiger partial charge < -0.3 is 9.47 Å². The van der Waals surface area contributed by atoms with E-state index in [-0.39, 0.29) is 0 Å². The fraction of sp³-hybridized carbons (Fsp3) is 0.600. The summed E-state index contributed by atoms with van der Waals surface area (Å²) in [5, 5.41) is 0. The third-order valence-corrected chi connectivity index (χ3v) is 2.38. The Hall–Kier alpha value is -0.600. The molecule has 0 fully saturated rings. The average Bonchev–Trinajstić information content (AvgIpc) is 2.17. The quantitative estimate of drug-likeness (QED) is 0.601. The van der Waals surface area contributed by atoms with E-state index >= 15 is 0 Å². The molecule has 0 aromatic heterocycles. The summed E-state index contributed by atoms with van der Waals surface area (Å²) in [4.78, 5) is 0. The number of hydrogen-bond donors (Lipinski definition) is 0. The van der Waals surface area contributed by atoms with Crippen molar-refractivity contribution in [3.63, 3.8) is 0 Å². The Kier molecular flexibility index (Phi) is 3.06. The number of ether oxygens (including phenoxy) is 2. The van der Waals surface area contributed by atoms with Gasteiger partial charge in [0.1, 0.15) is 0 Å². The zero-order valence-corrected chi connectivity index (χ0v) is 7.91. The van der Waals surface area contributed by atoms with Crippen LogP contribution in [-0.4, -0.2) is 20.0 Å². The van der Waals surface area contributed by atoms with Gasteiger partial charge in [0.25, 0.3) is 0 Å². The minimum Gasteiger partial charge on any atom is -0.349 e. The Morgan fingerprint density at radius 3 is 2.33 bits per heavy atom. The standard InChI is InChI=1S/C10H16O2/c1-4-9-7-5-6-8-10(9,11-2)12-3/h5-9H,4H2,1-3H3. The van der Waals surface area contributed by atoms with Gasteiger partial charge in [-0.05, 0) is 12.5 Å². The van der Waals surface area contributed by atoms with Gasteiger partial charge in [0.15, 0.2) is 5.79 Å². The molecule has 1 atom stereocenters. The molecule has 0 saturated heterocycles. The van der Waals surface area contributed by atoms with Crippen molar-refractivity contribution < 1.29 is 9.47 Å². The van der Waals surface area contributed by atoms with E-state index in [9.17, 15) is 0 Å². The van der Waals surface area contributed by atoms with Crippen LogP contribution in [0, 0.1) is 5.92 Å². The second-order valence-corrected chi connectivity index (χ2v) is 2.89. The minimum absolute atomic E-state index is 0.317. The molecule has 0 N–H and O–H groups in total. The monoisotopic (exact) mass is 168 g/mol. The molecule has 2 nitrogen and oxygen atoms in total. The summed E-state index contributed by atoms with van der Waals surface area (Å²) < 4.78 is 10.7. The summed E-state index contributed by atoms with van der Waals surface area (Å²) in [6.07, 6.45) is 9.08. The first kappa shape index (κ1) is 9.49. The molecular weight excluding hydrogens is 152 g/mol. The Bertz CT molecular complexity index is 190. The van der Waals surface area contributed by atoms with Crippen LogP contribution in [0.3, 0.4) is 0 Å². The topological polar surface area (TPSA) is 18.5 Å². The third-order valence-electron chi connectivity index (χ3n) is 2.38. The van der Waals surface area contributed by atoms with Crippen molar-refractivity contribution in [2.45, 2.75) is 19.1 Å². The summed E-state index contributed by atoms with van der Waals surface area (Å²) in [6, 6.07) is 0. The Morgan fingerprint density at radius 1 is 1.25 bits per heavy atom. The van der Waals surface area contributed by atoms with Gasteiger partial charge in [-0.2, -0.15) is 0 Å². The van der Waals surface area contributed by atoms with Crippen molar-refractivity contribution in [2.24, 2.45) is 5.92 Å². The van der Waals surface area contributed by atoms with E-state index in [1.54, 1.807) is 14.2 Å². The molecule has 1 aliphatic carbocycles. The smallest absolute Gasteiger partial charge is 0.193 e. The molecule has 0 aliphatic heterocycles. The van der Waals surface area contributed by atoms with Gasteiger partial charge in [-0.1, -0.05) is 25.2 Å². The van der Waals surface area contributed by atoms with E-state index in [4.69, 9.17) is 9.47 Å². The maximum atomic E-state index is 5.37. The van der Waals surface area contributed by atoms with Crippen molar-refractivity contribution in [1.82, 2.24) is 0 Å². The van der Waals surface area contributed by atoms with Gasteiger partial charge in [0.05, 0.1) is 0 Å². The summed E-state index contributed by atoms with van der Waals surface area (Å²) in [5.41, 5.74) is 0.